The van der Waals surface area contributed by atoms with Crippen LogP contribution in [0.25, 0.3) is 0 Å². The Morgan fingerprint density at radius 3 is 2.74 bits per heavy atom. The first kappa shape index (κ1) is 15.0. The Kier molecular flexibility index (Phi) is 6.41. The minimum atomic E-state index is -0.377. The minimum Gasteiger partial charge on any atom is -0.484 e. The summed E-state index contributed by atoms with van der Waals surface area (Å²) in [7, 11) is 0. The number of rotatable bonds is 7. The van der Waals surface area contributed by atoms with Crippen molar-refractivity contribution in [3.05, 3.63) is 29.8 Å². The molecule has 2 N–H and O–H groups in total. The van der Waals surface area contributed by atoms with Crippen LogP contribution in [0.3, 0.4) is 0 Å². The maximum absolute atomic E-state index is 11.3. The standard InChI is InChI=1S/C14H18N2O3/c1-11(17)9-12-3-5-13(6-4-12)19-10-14(18)16-8-2-7-15/h3-6,11,17H,2,8-10H2,1H3,(H,16,18). The second-order valence-corrected chi connectivity index (χ2v) is 4.24. The molecule has 0 aliphatic rings. The monoisotopic (exact) mass is 262 g/mol. The molecule has 0 heterocycles. The maximum Gasteiger partial charge on any atom is 0.257 e. The van der Waals surface area contributed by atoms with Crippen molar-refractivity contribution in [3.63, 3.8) is 0 Å². The molecule has 1 unspecified atom stereocenters. The van der Waals surface area contributed by atoms with Crippen molar-refractivity contribution in [2.45, 2.75) is 25.9 Å². The number of amides is 1. The smallest absolute Gasteiger partial charge is 0.257 e. The molecule has 1 aromatic carbocycles. The Morgan fingerprint density at radius 2 is 2.16 bits per heavy atom. The van der Waals surface area contributed by atoms with E-state index in [-0.39, 0.29) is 18.6 Å². The summed E-state index contributed by atoms with van der Waals surface area (Å²) in [6.45, 7) is 2.00. The van der Waals surface area contributed by atoms with Gasteiger partial charge in [0.15, 0.2) is 6.61 Å². The number of hydrogen-bond donors (Lipinski definition) is 2. The molecule has 5 nitrogen and oxygen atoms in total. The van der Waals surface area contributed by atoms with Crippen LogP contribution in [0.1, 0.15) is 18.9 Å². The lowest BCUT2D eigenvalue weighted by Gasteiger charge is -2.08. The number of aliphatic hydroxyl groups excluding tert-OH is 1. The highest BCUT2D eigenvalue weighted by atomic mass is 16.5. The number of nitrogens with one attached hydrogen (secondary N) is 1. The molecule has 0 saturated heterocycles. The maximum atomic E-state index is 11.3. The van der Waals surface area contributed by atoms with E-state index in [2.05, 4.69) is 5.32 Å². The Labute approximate surface area is 112 Å². The van der Waals surface area contributed by atoms with Gasteiger partial charge in [-0.15, -0.1) is 0 Å². The van der Waals surface area contributed by atoms with Crippen molar-refractivity contribution in [1.82, 2.24) is 5.32 Å². The van der Waals surface area contributed by atoms with E-state index in [4.69, 9.17) is 10.00 Å². The summed E-state index contributed by atoms with van der Waals surface area (Å²) in [4.78, 5) is 11.3. The fraction of sp³-hybridized carbons (Fsp3) is 0.429. The van der Waals surface area contributed by atoms with Gasteiger partial charge in [0.2, 0.25) is 0 Å². The lowest BCUT2D eigenvalue weighted by atomic mass is 10.1. The van der Waals surface area contributed by atoms with E-state index in [1.165, 1.54) is 0 Å². The highest BCUT2D eigenvalue weighted by molar-refractivity contribution is 5.77. The van der Waals surface area contributed by atoms with Crippen LogP contribution < -0.4 is 10.1 Å². The van der Waals surface area contributed by atoms with Gasteiger partial charge >= 0.3 is 0 Å². The van der Waals surface area contributed by atoms with Gasteiger partial charge in [0.25, 0.3) is 5.91 Å². The van der Waals surface area contributed by atoms with Crippen LogP contribution in [0.5, 0.6) is 5.75 Å². The number of carbonyl (C=O) groups excluding carboxylic acids is 1. The van der Waals surface area contributed by atoms with Crippen LogP contribution in [-0.2, 0) is 11.2 Å². The summed E-state index contributed by atoms with van der Waals surface area (Å²) in [6, 6.07) is 9.18. The van der Waals surface area contributed by atoms with E-state index in [1.54, 1.807) is 19.1 Å². The van der Waals surface area contributed by atoms with Gasteiger partial charge < -0.3 is 15.2 Å². The highest BCUT2D eigenvalue weighted by Crippen LogP contribution is 2.13. The Bertz CT molecular complexity index is 435. The third kappa shape index (κ3) is 6.43. The molecule has 5 heteroatoms. The molecule has 1 aromatic rings. The van der Waals surface area contributed by atoms with Crippen molar-refractivity contribution < 1.29 is 14.6 Å². The molecule has 0 fully saturated rings. The van der Waals surface area contributed by atoms with Gasteiger partial charge in [-0.05, 0) is 31.0 Å². The lowest BCUT2D eigenvalue weighted by Crippen LogP contribution is -2.29. The van der Waals surface area contributed by atoms with Crippen LogP contribution in [0, 0.1) is 11.3 Å². The summed E-state index contributed by atoms with van der Waals surface area (Å²) in [5.41, 5.74) is 1.01. The van der Waals surface area contributed by atoms with Gasteiger partial charge in [-0.3, -0.25) is 4.79 Å². The van der Waals surface area contributed by atoms with E-state index in [0.717, 1.165) is 5.56 Å². The molecule has 0 bridgehead atoms. The van der Waals surface area contributed by atoms with E-state index in [0.29, 0.717) is 25.1 Å². The quantitative estimate of drug-likeness (QED) is 0.719. The van der Waals surface area contributed by atoms with Crippen molar-refractivity contribution in [1.29, 1.82) is 5.26 Å². The first-order valence-electron chi connectivity index (χ1n) is 6.15. The molecular formula is C14H18N2O3. The average Bonchev–Trinajstić information content (AvgIpc) is 2.37. The molecule has 1 amide bonds. The molecule has 0 aliphatic carbocycles. The molecule has 0 radical (unpaired) electrons. The van der Waals surface area contributed by atoms with Gasteiger partial charge in [-0.2, -0.15) is 5.26 Å². The second-order valence-electron chi connectivity index (χ2n) is 4.24. The van der Waals surface area contributed by atoms with E-state index < -0.39 is 0 Å². The number of carbonyl (C=O) groups is 1. The van der Waals surface area contributed by atoms with Crippen LogP contribution in [0.15, 0.2) is 24.3 Å². The normalized spacial score (nSPS) is 11.4. The van der Waals surface area contributed by atoms with Crippen molar-refractivity contribution >= 4 is 5.91 Å². The predicted octanol–water partition coefficient (Wildman–Crippen LogP) is 1.02. The summed E-state index contributed by atoms with van der Waals surface area (Å²) in [6.07, 6.45) is 0.506. The van der Waals surface area contributed by atoms with E-state index >= 15 is 0 Å². The number of nitriles is 1. The van der Waals surface area contributed by atoms with Gasteiger partial charge in [-0.1, -0.05) is 12.1 Å². The third-order valence-electron chi connectivity index (χ3n) is 2.38. The minimum absolute atomic E-state index is 0.0683. The molecule has 1 rings (SSSR count). The number of ether oxygens (including phenoxy) is 1. The second kappa shape index (κ2) is 8.11. The number of benzene rings is 1. The molecule has 0 aliphatic heterocycles. The lowest BCUT2D eigenvalue weighted by molar-refractivity contribution is -0.123. The van der Waals surface area contributed by atoms with Crippen LogP contribution >= 0.6 is 0 Å². The Hall–Kier alpha value is -2.06. The van der Waals surface area contributed by atoms with E-state index in [1.807, 2.05) is 18.2 Å². The van der Waals surface area contributed by atoms with Gasteiger partial charge in [0, 0.05) is 6.54 Å². The van der Waals surface area contributed by atoms with E-state index in [9.17, 15) is 9.90 Å². The average molecular weight is 262 g/mol. The fourth-order valence-corrected chi connectivity index (χ4v) is 1.52. The molecular weight excluding hydrogens is 244 g/mol. The van der Waals surface area contributed by atoms with Crippen molar-refractivity contribution in [2.75, 3.05) is 13.2 Å². The summed E-state index contributed by atoms with van der Waals surface area (Å²) in [5, 5.41) is 20.1. The zero-order chi connectivity index (χ0) is 14.1. The SMILES string of the molecule is CC(O)Cc1ccc(OCC(=O)NCCC#N)cc1. The molecule has 1 atom stereocenters. The highest BCUT2D eigenvalue weighted by Gasteiger charge is 2.03. The van der Waals surface area contributed by atoms with Crippen LogP contribution in [0.2, 0.25) is 0 Å². The molecule has 102 valence electrons. The number of aliphatic hydroxyl groups is 1. The predicted molar refractivity (Wildman–Crippen MR) is 70.6 cm³/mol. The molecule has 0 spiro atoms. The largest absolute Gasteiger partial charge is 0.484 e. The Morgan fingerprint density at radius 1 is 1.47 bits per heavy atom. The summed E-state index contributed by atoms with van der Waals surface area (Å²) in [5.74, 6) is 0.355. The zero-order valence-electron chi connectivity index (χ0n) is 10.9. The first-order valence-corrected chi connectivity index (χ1v) is 6.15. The van der Waals surface area contributed by atoms with Gasteiger partial charge in [0.1, 0.15) is 5.75 Å². The third-order valence-corrected chi connectivity index (χ3v) is 2.38. The Balaban J connectivity index is 2.33. The fourth-order valence-electron chi connectivity index (χ4n) is 1.52. The van der Waals surface area contributed by atoms with Crippen LogP contribution in [-0.4, -0.2) is 30.3 Å². The first-order chi connectivity index (χ1) is 9.11. The number of nitrogens with zero attached hydrogens (tertiary/aromatic N) is 1. The molecule has 0 saturated carbocycles. The van der Waals surface area contributed by atoms with Crippen molar-refractivity contribution in [3.8, 4) is 11.8 Å². The summed E-state index contributed by atoms with van der Waals surface area (Å²) < 4.78 is 5.30. The topological polar surface area (TPSA) is 82.3 Å². The van der Waals surface area contributed by atoms with Crippen molar-refractivity contribution in [2.24, 2.45) is 0 Å². The zero-order valence-corrected chi connectivity index (χ0v) is 10.9. The van der Waals surface area contributed by atoms with Crippen LogP contribution in [0.4, 0.5) is 0 Å². The molecule has 19 heavy (non-hydrogen) atoms. The molecule has 0 aromatic heterocycles. The van der Waals surface area contributed by atoms with Gasteiger partial charge in [-0.25, -0.2) is 0 Å². The van der Waals surface area contributed by atoms with Gasteiger partial charge in [0.05, 0.1) is 18.6 Å². The number of hydrogen-bond acceptors (Lipinski definition) is 4. The summed E-state index contributed by atoms with van der Waals surface area (Å²) >= 11 is 0.